The van der Waals surface area contributed by atoms with E-state index < -0.39 is 7.14 Å². The van der Waals surface area contributed by atoms with E-state index in [0.29, 0.717) is 18.8 Å². The van der Waals surface area contributed by atoms with Crippen molar-refractivity contribution in [3.05, 3.63) is 30.3 Å². The monoisotopic (exact) mass is 255 g/mol. The van der Waals surface area contributed by atoms with Gasteiger partial charge in [-0.3, -0.25) is 0 Å². The average Bonchev–Trinajstić information content (AvgIpc) is 2.30. The highest BCUT2D eigenvalue weighted by molar-refractivity contribution is 7.70. The highest BCUT2D eigenvalue weighted by atomic mass is 31.2. The third-order valence-corrected chi connectivity index (χ3v) is 5.22. The predicted octanol–water partition coefficient (Wildman–Crippen LogP) is 1.93. The fourth-order valence-corrected chi connectivity index (χ4v) is 3.32. The Morgan fingerprint density at radius 1 is 1.35 bits per heavy atom. The average molecular weight is 255 g/mol. The van der Waals surface area contributed by atoms with Crippen LogP contribution in [0.5, 0.6) is 0 Å². The van der Waals surface area contributed by atoms with Crippen molar-refractivity contribution in [1.82, 2.24) is 5.32 Å². The lowest BCUT2D eigenvalue weighted by molar-refractivity contribution is 0.173. The molecule has 1 aromatic carbocycles. The SMILES string of the molecule is COC[C@H](C)NCC[P@@](C)(=O)c1ccccc1. The molecule has 1 N–H and O–H groups in total. The minimum atomic E-state index is -2.22. The normalized spacial score (nSPS) is 16.4. The summed E-state index contributed by atoms with van der Waals surface area (Å²) in [4.78, 5) is 0. The lowest BCUT2D eigenvalue weighted by Gasteiger charge is -2.16. The van der Waals surface area contributed by atoms with Crippen molar-refractivity contribution >= 4 is 12.4 Å². The molecule has 0 saturated carbocycles. The zero-order valence-electron chi connectivity index (χ0n) is 10.8. The lowest BCUT2D eigenvalue weighted by Crippen LogP contribution is -2.32. The van der Waals surface area contributed by atoms with Crippen molar-refractivity contribution in [3.8, 4) is 0 Å². The van der Waals surface area contributed by atoms with Gasteiger partial charge in [0.05, 0.1) is 6.61 Å². The van der Waals surface area contributed by atoms with Gasteiger partial charge in [0.25, 0.3) is 0 Å². The number of hydrogen-bond acceptors (Lipinski definition) is 3. The Balaban J connectivity index is 2.43. The Morgan fingerprint density at radius 3 is 2.59 bits per heavy atom. The number of nitrogens with one attached hydrogen (secondary N) is 1. The molecule has 0 bridgehead atoms. The van der Waals surface area contributed by atoms with Crippen LogP contribution in [0.2, 0.25) is 0 Å². The van der Waals surface area contributed by atoms with Crippen molar-refractivity contribution in [3.63, 3.8) is 0 Å². The molecule has 17 heavy (non-hydrogen) atoms. The maximum absolute atomic E-state index is 12.5. The number of rotatable bonds is 7. The van der Waals surface area contributed by atoms with E-state index in [2.05, 4.69) is 12.2 Å². The first-order valence-electron chi connectivity index (χ1n) is 5.91. The van der Waals surface area contributed by atoms with Gasteiger partial charge >= 0.3 is 0 Å². The molecule has 0 amide bonds. The van der Waals surface area contributed by atoms with E-state index in [-0.39, 0.29) is 0 Å². The molecule has 3 nitrogen and oxygen atoms in total. The van der Waals surface area contributed by atoms with E-state index in [0.717, 1.165) is 11.8 Å². The first-order chi connectivity index (χ1) is 8.06. The molecule has 0 unspecified atom stereocenters. The Kier molecular flexibility index (Phi) is 5.90. The molecule has 2 atom stereocenters. The van der Waals surface area contributed by atoms with Gasteiger partial charge in [-0.15, -0.1) is 0 Å². The Labute approximate surface area is 104 Å². The zero-order valence-corrected chi connectivity index (χ0v) is 11.7. The van der Waals surface area contributed by atoms with Crippen LogP contribution in [0.25, 0.3) is 0 Å². The van der Waals surface area contributed by atoms with Crippen LogP contribution in [0.15, 0.2) is 30.3 Å². The number of ether oxygens (including phenoxy) is 1. The molecule has 1 aromatic rings. The highest BCUT2D eigenvalue weighted by Crippen LogP contribution is 2.38. The van der Waals surface area contributed by atoms with Crippen molar-refractivity contribution < 1.29 is 9.30 Å². The summed E-state index contributed by atoms with van der Waals surface area (Å²) < 4.78 is 17.5. The van der Waals surface area contributed by atoms with Crippen molar-refractivity contribution in [2.75, 3.05) is 33.1 Å². The molecule has 0 aliphatic rings. The number of methoxy groups -OCH3 is 1. The summed E-state index contributed by atoms with van der Waals surface area (Å²) in [5.74, 6) is 0. The van der Waals surface area contributed by atoms with Crippen molar-refractivity contribution in [1.29, 1.82) is 0 Å². The van der Waals surface area contributed by atoms with E-state index in [4.69, 9.17) is 4.74 Å². The molecule has 0 aromatic heterocycles. The summed E-state index contributed by atoms with van der Waals surface area (Å²) in [5.41, 5.74) is 0. The van der Waals surface area contributed by atoms with E-state index >= 15 is 0 Å². The summed E-state index contributed by atoms with van der Waals surface area (Å²) in [6.07, 6.45) is 0.686. The van der Waals surface area contributed by atoms with Gasteiger partial charge in [-0.1, -0.05) is 30.3 Å². The van der Waals surface area contributed by atoms with Gasteiger partial charge in [-0.2, -0.15) is 0 Å². The standard InChI is InChI=1S/C13H22NO2P/c1-12(11-16-2)14-9-10-17(3,15)13-7-5-4-6-8-13/h4-8,12,14H,9-11H2,1-3H3/t12-,17+/m0/s1. The quantitative estimate of drug-likeness (QED) is 0.757. The highest BCUT2D eigenvalue weighted by Gasteiger charge is 2.17. The Morgan fingerprint density at radius 2 is 2.00 bits per heavy atom. The fraction of sp³-hybridized carbons (Fsp3) is 0.538. The number of benzene rings is 1. The van der Waals surface area contributed by atoms with Gasteiger partial charge in [0.1, 0.15) is 7.14 Å². The van der Waals surface area contributed by atoms with Gasteiger partial charge in [0.2, 0.25) is 0 Å². The first kappa shape index (κ1) is 14.4. The second kappa shape index (κ2) is 6.95. The van der Waals surface area contributed by atoms with E-state index in [1.54, 1.807) is 7.11 Å². The molecule has 96 valence electrons. The van der Waals surface area contributed by atoms with Crippen LogP contribution in [-0.2, 0) is 9.30 Å². The van der Waals surface area contributed by atoms with Gasteiger partial charge in [0.15, 0.2) is 0 Å². The topological polar surface area (TPSA) is 38.3 Å². The fourth-order valence-electron chi connectivity index (χ4n) is 1.71. The van der Waals surface area contributed by atoms with Crippen LogP contribution in [0, 0.1) is 0 Å². The van der Waals surface area contributed by atoms with Crippen molar-refractivity contribution in [2.45, 2.75) is 13.0 Å². The first-order valence-corrected chi connectivity index (χ1v) is 8.24. The minimum Gasteiger partial charge on any atom is -0.383 e. The molecule has 0 radical (unpaired) electrons. The third kappa shape index (κ3) is 5.03. The maximum Gasteiger partial charge on any atom is 0.113 e. The second-order valence-corrected chi connectivity index (χ2v) is 7.64. The lowest BCUT2D eigenvalue weighted by atomic mass is 10.4. The van der Waals surface area contributed by atoms with Crippen LogP contribution in [0.4, 0.5) is 0 Å². The van der Waals surface area contributed by atoms with Crippen LogP contribution < -0.4 is 10.6 Å². The third-order valence-electron chi connectivity index (χ3n) is 2.75. The molecular formula is C13H22NO2P. The van der Waals surface area contributed by atoms with Gasteiger partial charge in [-0.05, 0) is 13.6 Å². The molecule has 0 fully saturated rings. The Hall–Kier alpha value is -0.630. The molecular weight excluding hydrogens is 233 g/mol. The molecule has 0 aliphatic heterocycles. The van der Waals surface area contributed by atoms with E-state index in [1.165, 1.54) is 0 Å². The second-order valence-electron chi connectivity index (χ2n) is 4.47. The van der Waals surface area contributed by atoms with Gasteiger partial charge < -0.3 is 14.6 Å². The van der Waals surface area contributed by atoms with Crippen LogP contribution >= 0.6 is 7.14 Å². The van der Waals surface area contributed by atoms with Crippen LogP contribution in [0.1, 0.15) is 6.92 Å². The summed E-state index contributed by atoms with van der Waals surface area (Å²) in [7, 11) is -0.536. The summed E-state index contributed by atoms with van der Waals surface area (Å²) in [6.45, 7) is 5.35. The molecule has 0 heterocycles. The van der Waals surface area contributed by atoms with E-state index in [1.807, 2.05) is 37.0 Å². The minimum absolute atomic E-state index is 0.302. The van der Waals surface area contributed by atoms with Gasteiger partial charge in [-0.25, -0.2) is 0 Å². The molecule has 0 saturated heterocycles. The van der Waals surface area contributed by atoms with E-state index in [9.17, 15) is 4.57 Å². The molecule has 4 heteroatoms. The Bertz CT molecular complexity index is 367. The summed E-state index contributed by atoms with van der Waals surface area (Å²) in [5, 5.41) is 4.27. The van der Waals surface area contributed by atoms with Crippen LogP contribution in [-0.4, -0.2) is 39.1 Å². The van der Waals surface area contributed by atoms with Crippen molar-refractivity contribution in [2.24, 2.45) is 0 Å². The largest absolute Gasteiger partial charge is 0.383 e. The summed E-state index contributed by atoms with van der Waals surface area (Å²) >= 11 is 0. The smallest absolute Gasteiger partial charge is 0.113 e. The van der Waals surface area contributed by atoms with Crippen LogP contribution in [0.3, 0.4) is 0 Å². The molecule has 0 spiro atoms. The van der Waals surface area contributed by atoms with Gasteiger partial charge in [0, 0.05) is 31.2 Å². The molecule has 0 aliphatic carbocycles. The maximum atomic E-state index is 12.5. The molecule has 1 rings (SSSR count). The predicted molar refractivity (Wildman–Crippen MR) is 73.8 cm³/mol. The number of hydrogen-bond donors (Lipinski definition) is 1. The summed E-state index contributed by atoms with van der Waals surface area (Å²) in [6, 6.07) is 10.0. The zero-order chi connectivity index (χ0) is 12.7.